The predicted octanol–water partition coefficient (Wildman–Crippen LogP) is 3.15. The summed E-state index contributed by atoms with van der Waals surface area (Å²) < 4.78 is 10.9. The molecule has 1 heterocycles. The number of rotatable bonds is 6. The Morgan fingerprint density at radius 3 is 1.97 bits per heavy atom. The summed E-state index contributed by atoms with van der Waals surface area (Å²) >= 11 is 0. The first-order chi connectivity index (χ1) is 14.9. The molecule has 8 heteroatoms. The minimum atomic E-state index is -0.282. The van der Waals surface area contributed by atoms with Gasteiger partial charge in [-0.2, -0.15) is 0 Å². The van der Waals surface area contributed by atoms with E-state index >= 15 is 0 Å². The van der Waals surface area contributed by atoms with Crippen LogP contribution in [0.3, 0.4) is 0 Å². The van der Waals surface area contributed by atoms with Crippen LogP contribution in [0.15, 0.2) is 42.5 Å². The Morgan fingerprint density at radius 2 is 1.45 bits per heavy atom. The summed E-state index contributed by atoms with van der Waals surface area (Å²) in [6.45, 7) is 2.67. The molecule has 0 bridgehead atoms. The van der Waals surface area contributed by atoms with Gasteiger partial charge in [-0.05, 0) is 25.0 Å². The summed E-state index contributed by atoms with van der Waals surface area (Å²) in [5, 5.41) is 5.72. The second kappa shape index (κ2) is 9.97. The first-order valence-corrected chi connectivity index (χ1v) is 10.1. The summed E-state index contributed by atoms with van der Waals surface area (Å²) in [7, 11) is 2.98. The number of hydrogen-bond donors (Lipinski definition) is 2. The molecule has 2 aromatic carbocycles. The first-order valence-electron chi connectivity index (χ1n) is 10.1. The van der Waals surface area contributed by atoms with Gasteiger partial charge in [0.25, 0.3) is 5.91 Å². The number of likely N-dealkylation sites (tertiary alicyclic amines) is 1. The second-order valence-electron chi connectivity index (χ2n) is 7.34. The van der Waals surface area contributed by atoms with Crippen LogP contribution in [0.2, 0.25) is 0 Å². The van der Waals surface area contributed by atoms with Crippen molar-refractivity contribution in [2.45, 2.75) is 19.8 Å². The summed E-state index contributed by atoms with van der Waals surface area (Å²) in [5.41, 5.74) is 1.40. The van der Waals surface area contributed by atoms with E-state index in [4.69, 9.17) is 9.47 Å². The summed E-state index contributed by atoms with van der Waals surface area (Å²) in [5.74, 6) is 0.215. The molecule has 3 rings (SSSR count). The van der Waals surface area contributed by atoms with Crippen molar-refractivity contribution in [1.82, 2.24) is 4.90 Å². The highest BCUT2D eigenvalue weighted by molar-refractivity contribution is 6.05. The topological polar surface area (TPSA) is 97.0 Å². The zero-order valence-corrected chi connectivity index (χ0v) is 17.9. The van der Waals surface area contributed by atoms with Crippen molar-refractivity contribution in [1.29, 1.82) is 0 Å². The van der Waals surface area contributed by atoms with E-state index in [0.717, 1.165) is 0 Å². The summed E-state index contributed by atoms with van der Waals surface area (Å²) in [6.07, 6.45) is 1.21. The molecule has 0 spiro atoms. The maximum atomic E-state index is 12.8. The number of anilines is 2. The monoisotopic (exact) mass is 425 g/mol. The van der Waals surface area contributed by atoms with Crippen molar-refractivity contribution in [3.63, 3.8) is 0 Å². The van der Waals surface area contributed by atoms with Crippen LogP contribution < -0.4 is 20.1 Å². The fraction of sp³-hybridized carbons (Fsp3) is 0.348. The fourth-order valence-corrected chi connectivity index (χ4v) is 3.57. The molecule has 2 N–H and O–H groups in total. The minimum absolute atomic E-state index is 0.0263. The number of carbonyl (C=O) groups is 3. The van der Waals surface area contributed by atoms with E-state index in [9.17, 15) is 14.4 Å². The van der Waals surface area contributed by atoms with Crippen molar-refractivity contribution in [2.75, 3.05) is 37.9 Å². The number of piperidine rings is 1. The molecule has 1 fully saturated rings. The molecule has 1 saturated heterocycles. The number of benzene rings is 2. The van der Waals surface area contributed by atoms with Crippen LogP contribution in [0.5, 0.6) is 11.5 Å². The van der Waals surface area contributed by atoms with E-state index < -0.39 is 0 Å². The Bertz CT molecular complexity index is 953. The molecule has 3 amide bonds. The maximum absolute atomic E-state index is 12.8. The summed E-state index contributed by atoms with van der Waals surface area (Å²) in [4.78, 5) is 38.5. The molecule has 0 unspecified atom stereocenters. The normalized spacial score (nSPS) is 14.0. The van der Waals surface area contributed by atoms with Crippen LogP contribution in [0, 0.1) is 5.92 Å². The smallest absolute Gasteiger partial charge is 0.255 e. The highest BCUT2D eigenvalue weighted by Crippen LogP contribution is 2.37. The van der Waals surface area contributed by atoms with Gasteiger partial charge in [0.15, 0.2) is 0 Å². The third-order valence-corrected chi connectivity index (χ3v) is 5.37. The molecule has 0 radical (unpaired) electrons. The van der Waals surface area contributed by atoms with Gasteiger partial charge in [-0.1, -0.05) is 18.2 Å². The van der Waals surface area contributed by atoms with Gasteiger partial charge in [-0.15, -0.1) is 0 Å². The third kappa shape index (κ3) is 5.33. The van der Waals surface area contributed by atoms with Crippen LogP contribution in [0.25, 0.3) is 0 Å². The second-order valence-corrected chi connectivity index (χ2v) is 7.34. The average Bonchev–Trinajstić information content (AvgIpc) is 2.80. The van der Waals surface area contributed by atoms with Crippen molar-refractivity contribution in [3.8, 4) is 11.5 Å². The largest absolute Gasteiger partial charge is 0.494 e. The fourth-order valence-electron chi connectivity index (χ4n) is 3.57. The van der Waals surface area contributed by atoms with Gasteiger partial charge < -0.3 is 25.0 Å². The molecule has 8 nitrogen and oxygen atoms in total. The van der Waals surface area contributed by atoms with Gasteiger partial charge in [0.1, 0.15) is 11.5 Å². The number of methoxy groups -OCH3 is 2. The van der Waals surface area contributed by atoms with E-state index in [1.807, 2.05) is 6.07 Å². The standard InChI is InChI=1S/C23H27N3O5/c1-15(27)26-11-9-17(10-12-26)23(29)25-19-14-20(30-2)18(13-21(19)31-3)24-22(28)16-7-5-4-6-8-16/h4-8,13-14,17H,9-12H2,1-3H3,(H,24,28)(H,25,29). The molecule has 1 aliphatic rings. The number of amides is 3. The molecule has 0 saturated carbocycles. The average molecular weight is 425 g/mol. The Hall–Kier alpha value is -3.55. The van der Waals surface area contributed by atoms with Crippen LogP contribution in [0.4, 0.5) is 11.4 Å². The van der Waals surface area contributed by atoms with Crippen molar-refractivity contribution >= 4 is 29.1 Å². The van der Waals surface area contributed by atoms with Gasteiger partial charge in [0.05, 0.1) is 25.6 Å². The highest BCUT2D eigenvalue weighted by Gasteiger charge is 2.27. The van der Waals surface area contributed by atoms with Gasteiger partial charge >= 0.3 is 0 Å². The lowest BCUT2D eigenvalue weighted by atomic mass is 9.95. The number of ether oxygens (including phenoxy) is 2. The van der Waals surface area contributed by atoms with Crippen molar-refractivity contribution in [3.05, 3.63) is 48.0 Å². The van der Waals surface area contributed by atoms with Gasteiger partial charge in [-0.25, -0.2) is 0 Å². The van der Waals surface area contributed by atoms with Gasteiger partial charge in [0.2, 0.25) is 11.8 Å². The van der Waals surface area contributed by atoms with E-state index in [-0.39, 0.29) is 23.6 Å². The lowest BCUT2D eigenvalue weighted by Crippen LogP contribution is -2.40. The van der Waals surface area contributed by atoms with E-state index in [1.165, 1.54) is 21.1 Å². The van der Waals surface area contributed by atoms with Crippen LogP contribution in [0.1, 0.15) is 30.1 Å². The summed E-state index contributed by atoms with van der Waals surface area (Å²) in [6, 6.07) is 12.1. The number of hydrogen-bond acceptors (Lipinski definition) is 5. The lowest BCUT2D eigenvalue weighted by Gasteiger charge is -2.30. The van der Waals surface area contributed by atoms with Crippen molar-refractivity contribution in [2.24, 2.45) is 5.92 Å². The van der Waals surface area contributed by atoms with Crippen LogP contribution in [-0.4, -0.2) is 49.9 Å². The molecule has 0 atom stereocenters. The molecular formula is C23H27N3O5. The number of carbonyl (C=O) groups excluding carboxylic acids is 3. The molecule has 2 aromatic rings. The van der Waals surface area contributed by atoms with Gasteiger partial charge in [0, 0.05) is 43.6 Å². The van der Waals surface area contributed by atoms with E-state index in [2.05, 4.69) is 10.6 Å². The predicted molar refractivity (Wildman–Crippen MR) is 118 cm³/mol. The molecule has 1 aliphatic heterocycles. The molecule has 0 aromatic heterocycles. The highest BCUT2D eigenvalue weighted by atomic mass is 16.5. The third-order valence-electron chi connectivity index (χ3n) is 5.37. The first kappa shape index (κ1) is 22.1. The Kier molecular flexibility index (Phi) is 7.12. The zero-order valence-electron chi connectivity index (χ0n) is 17.9. The molecule has 164 valence electrons. The van der Waals surface area contributed by atoms with E-state index in [0.29, 0.717) is 54.4 Å². The SMILES string of the molecule is COc1cc(NC(=O)C2CCN(C(C)=O)CC2)c(OC)cc1NC(=O)c1ccccc1. The Balaban J connectivity index is 1.75. The number of nitrogens with zero attached hydrogens (tertiary/aromatic N) is 1. The van der Waals surface area contributed by atoms with Crippen LogP contribution >= 0.6 is 0 Å². The quantitative estimate of drug-likeness (QED) is 0.741. The van der Waals surface area contributed by atoms with Crippen molar-refractivity contribution < 1.29 is 23.9 Å². The Labute approximate surface area is 181 Å². The molecular weight excluding hydrogens is 398 g/mol. The van der Waals surface area contributed by atoms with Gasteiger partial charge in [-0.3, -0.25) is 14.4 Å². The minimum Gasteiger partial charge on any atom is -0.494 e. The lowest BCUT2D eigenvalue weighted by molar-refractivity contribution is -0.132. The van der Waals surface area contributed by atoms with E-state index in [1.54, 1.807) is 41.3 Å². The molecule has 31 heavy (non-hydrogen) atoms. The van der Waals surface area contributed by atoms with Crippen LogP contribution in [-0.2, 0) is 9.59 Å². The molecule has 0 aliphatic carbocycles. The number of nitrogens with one attached hydrogen (secondary N) is 2. The Morgan fingerprint density at radius 1 is 0.903 bits per heavy atom. The maximum Gasteiger partial charge on any atom is 0.255 e. The zero-order chi connectivity index (χ0) is 22.4.